The van der Waals surface area contributed by atoms with Crippen LogP contribution in [0.15, 0.2) is 0 Å². The molecule has 0 radical (unpaired) electrons. The molecule has 2 fully saturated rings. The molecule has 0 aromatic rings. The fraction of sp³-hybridized carbons (Fsp3) is 0.571. The predicted molar refractivity (Wildman–Crippen MR) is 74.0 cm³/mol. The Hall–Kier alpha value is -2.78. The summed E-state index contributed by atoms with van der Waals surface area (Å²) >= 11 is 0. The van der Waals surface area contributed by atoms with Gasteiger partial charge >= 0.3 is 11.9 Å². The van der Waals surface area contributed by atoms with Gasteiger partial charge in [-0.3, -0.25) is 24.0 Å². The second-order valence-electron chi connectivity index (χ2n) is 5.61. The monoisotopic (exact) mass is 340 g/mol. The van der Waals surface area contributed by atoms with Gasteiger partial charge in [-0.25, -0.2) is 14.6 Å². The number of imide groups is 2. The Kier molecular flexibility index (Phi) is 4.67. The van der Waals surface area contributed by atoms with E-state index in [1.807, 2.05) is 0 Å². The first kappa shape index (κ1) is 17.6. The van der Waals surface area contributed by atoms with Gasteiger partial charge in [-0.15, -0.1) is 0 Å². The molecule has 2 aliphatic rings. The third-order valence-electron chi connectivity index (χ3n) is 4.10. The van der Waals surface area contributed by atoms with E-state index in [0.717, 1.165) is 0 Å². The van der Waals surface area contributed by atoms with Crippen molar-refractivity contribution in [2.24, 2.45) is 0 Å². The topological polar surface area (TPSA) is 149 Å². The predicted octanol–water partition coefficient (Wildman–Crippen LogP) is -0.680. The van der Waals surface area contributed by atoms with Gasteiger partial charge in [-0.05, 0) is 6.42 Å². The van der Waals surface area contributed by atoms with Crippen LogP contribution in [0.3, 0.4) is 0 Å². The average Bonchev–Trinajstić information content (AvgIpc) is 2.99. The molecule has 130 valence electrons. The molecule has 0 aromatic carbocycles. The van der Waals surface area contributed by atoms with Crippen LogP contribution in [-0.4, -0.2) is 61.2 Å². The van der Waals surface area contributed by atoms with Gasteiger partial charge < -0.3 is 10.2 Å². The number of carbonyl (C=O) groups is 6. The summed E-state index contributed by atoms with van der Waals surface area (Å²) in [4.78, 5) is 71.9. The Morgan fingerprint density at radius 3 is 1.50 bits per heavy atom. The maximum Gasteiger partial charge on any atom is 0.351 e. The van der Waals surface area contributed by atoms with Crippen LogP contribution in [0.1, 0.15) is 44.9 Å². The number of hydrogen-bond donors (Lipinski definition) is 2. The van der Waals surface area contributed by atoms with Gasteiger partial charge in [0, 0.05) is 38.5 Å². The van der Waals surface area contributed by atoms with Gasteiger partial charge in [-0.1, -0.05) is 0 Å². The van der Waals surface area contributed by atoms with Crippen molar-refractivity contribution in [2.45, 2.75) is 50.6 Å². The van der Waals surface area contributed by atoms with E-state index in [-0.39, 0.29) is 32.1 Å². The number of carboxylic acid groups (broad SMARTS) is 2. The van der Waals surface area contributed by atoms with E-state index >= 15 is 0 Å². The van der Waals surface area contributed by atoms with Crippen LogP contribution in [0, 0.1) is 0 Å². The van der Waals surface area contributed by atoms with E-state index < -0.39 is 54.1 Å². The highest BCUT2D eigenvalue weighted by molar-refractivity contribution is 6.11. The number of rotatable bonds is 7. The summed E-state index contributed by atoms with van der Waals surface area (Å²) in [6, 6.07) is 0. The lowest BCUT2D eigenvalue weighted by molar-refractivity contribution is -0.184. The molecular formula is C14H16N2O8. The van der Waals surface area contributed by atoms with E-state index in [0.29, 0.717) is 9.80 Å². The Morgan fingerprint density at radius 1 is 0.833 bits per heavy atom. The quantitative estimate of drug-likeness (QED) is 0.579. The normalized spacial score (nSPS) is 18.7. The fourth-order valence-corrected chi connectivity index (χ4v) is 3.09. The van der Waals surface area contributed by atoms with Crippen molar-refractivity contribution in [3.05, 3.63) is 0 Å². The molecule has 0 atom stereocenters. The van der Waals surface area contributed by atoms with Gasteiger partial charge in [0.2, 0.25) is 29.3 Å². The number of carbonyl (C=O) groups excluding carboxylic acids is 4. The van der Waals surface area contributed by atoms with Crippen molar-refractivity contribution in [1.82, 2.24) is 9.80 Å². The summed E-state index contributed by atoms with van der Waals surface area (Å²) in [6.45, 7) is 0. The van der Waals surface area contributed by atoms with E-state index in [1.54, 1.807) is 0 Å². The largest absolute Gasteiger partial charge is 0.481 e. The smallest absolute Gasteiger partial charge is 0.351 e. The summed E-state index contributed by atoms with van der Waals surface area (Å²) in [5.74, 6) is -6.11. The van der Waals surface area contributed by atoms with Gasteiger partial charge in [0.1, 0.15) is 0 Å². The number of likely N-dealkylation sites (tertiary alicyclic amines) is 2. The second kappa shape index (κ2) is 6.38. The molecule has 2 rings (SSSR count). The van der Waals surface area contributed by atoms with Crippen molar-refractivity contribution in [3.63, 3.8) is 0 Å². The standard InChI is InChI=1S/C14H16N2O8/c17-8-3-4-9(18)15(8)14(13(23)24,7-1-2-12(21)22)16-10(19)5-6-11(16)20/h1-7H2,(H,21,22)(H,23,24). The summed E-state index contributed by atoms with van der Waals surface area (Å²) < 4.78 is 0. The Labute approximate surface area is 136 Å². The first-order valence-corrected chi connectivity index (χ1v) is 7.38. The first-order valence-electron chi connectivity index (χ1n) is 7.38. The molecule has 10 heteroatoms. The molecule has 4 amide bonds. The van der Waals surface area contributed by atoms with Crippen LogP contribution >= 0.6 is 0 Å². The minimum absolute atomic E-state index is 0.219. The summed E-state index contributed by atoms with van der Waals surface area (Å²) in [5.41, 5.74) is -2.50. The van der Waals surface area contributed by atoms with E-state index in [1.165, 1.54) is 0 Å². The van der Waals surface area contributed by atoms with Gasteiger partial charge in [-0.2, -0.15) is 0 Å². The van der Waals surface area contributed by atoms with E-state index in [2.05, 4.69) is 0 Å². The molecular weight excluding hydrogens is 324 g/mol. The Balaban J connectivity index is 2.52. The molecule has 2 aliphatic heterocycles. The highest BCUT2D eigenvalue weighted by atomic mass is 16.4. The molecule has 0 bridgehead atoms. The van der Waals surface area contributed by atoms with Crippen molar-refractivity contribution >= 4 is 35.6 Å². The van der Waals surface area contributed by atoms with Crippen molar-refractivity contribution < 1.29 is 39.0 Å². The molecule has 0 aromatic heterocycles. The lowest BCUT2D eigenvalue weighted by Gasteiger charge is -2.42. The van der Waals surface area contributed by atoms with Crippen LogP contribution in [0.25, 0.3) is 0 Å². The minimum atomic E-state index is -2.50. The SMILES string of the molecule is O=C(O)CCCC(C(=O)O)(N1C(=O)CCC1=O)N1C(=O)CCC1=O. The second-order valence-corrected chi connectivity index (χ2v) is 5.61. The number of carboxylic acids is 2. The third kappa shape index (κ3) is 2.74. The van der Waals surface area contributed by atoms with Crippen LogP contribution in [0.5, 0.6) is 0 Å². The molecule has 0 saturated carbocycles. The molecule has 0 unspecified atom stereocenters. The number of hydrogen-bond acceptors (Lipinski definition) is 6. The molecule has 2 N–H and O–H groups in total. The van der Waals surface area contributed by atoms with Gasteiger partial charge in [0.25, 0.3) is 0 Å². The summed E-state index contributed by atoms with van der Waals surface area (Å²) in [5, 5.41) is 18.5. The summed E-state index contributed by atoms with van der Waals surface area (Å²) in [6.07, 6.45) is -2.06. The zero-order valence-corrected chi connectivity index (χ0v) is 12.7. The van der Waals surface area contributed by atoms with E-state index in [4.69, 9.17) is 5.11 Å². The van der Waals surface area contributed by atoms with Crippen LogP contribution in [0.2, 0.25) is 0 Å². The van der Waals surface area contributed by atoms with Crippen molar-refractivity contribution in [2.75, 3.05) is 0 Å². The highest BCUT2D eigenvalue weighted by Gasteiger charge is 2.60. The number of amides is 4. The van der Waals surface area contributed by atoms with Crippen molar-refractivity contribution in [1.29, 1.82) is 0 Å². The number of aliphatic carboxylic acids is 2. The fourth-order valence-electron chi connectivity index (χ4n) is 3.09. The Morgan fingerprint density at radius 2 is 1.21 bits per heavy atom. The molecule has 2 heterocycles. The molecule has 0 aliphatic carbocycles. The Bertz CT molecular complexity index is 573. The van der Waals surface area contributed by atoms with Crippen LogP contribution in [0.4, 0.5) is 0 Å². The van der Waals surface area contributed by atoms with Crippen LogP contribution < -0.4 is 0 Å². The zero-order chi connectivity index (χ0) is 18.1. The maximum absolute atomic E-state index is 12.1. The lowest BCUT2D eigenvalue weighted by atomic mass is 9.97. The van der Waals surface area contributed by atoms with E-state index in [9.17, 15) is 33.9 Å². The molecule has 24 heavy (non-hydrogen) atoms. The molecule has 2 saturated heterocycles. The molecule has 10 nitrogen and oxygen atoms in total. The van der Waals surface area contributed by atoms with Gasteiger partial charge in [0.05, 0.1) is 0 Å². The summed E-state index contributed by atoms with van der Waals surface area (Å²) in [7, 11) is 0. The number of nitrogens with zero attached hydrogens (tertiary/aromatic N) is 2. The minimum Gasteiger partial charge on any atom is -0.481 e. The third-order valence-corrected chi connectivity index (χ3v) is 4.10. The molecule has 0 spiro atoms. The van der Waals surface area contributed by atoms with Crippen LogP contribution in [-0.2, 0) is 28.8 Å². The van der Waals surface area contributed by atoms with Crippen molar-refractivity contribution in [3.8, 4) is 0 Å². The highest BCUT2D eigenvalue weighted by Crippen LogP contribution is 2.36. The first-order chi connectivity index (χ1) is 11.2. The maximum atomic E-state index is 12.1. The lowest BCUT2D eigenvalue weighted by Crippen LogP contribution is -2.68. The average molecular weight is 340 g/mol. The zero-order valence-electron chi connectivity index (χ0n) is 12.7. The van der Waals surface area contributed by atoms with Gasteiger partial charge in [0.15, 0.2) is 0 Å².